The first-order valence-electron chi connectivity index (χ1n) is 6.42. The number of rotatable bonds is 5. The van der Waals surface area contributed by atoms with Crippen LogP contribution in [0.4, 0.5) is 13.2 Å². The Morgan fingerprint density at radius 2 is 2.00 bits per heavy atom. The molecule has 2 rings (SSSR count). The maximum atomic E-state index is 12.0. The average molecular weight is 327 g/mol. The van der Waals surface area contributed by atoms with E-state index in [0.717, 1.165) is 12.1 Å². The molecule has 0 aliphatic heterocycles. The summed E-state index contributed by atoms with van der Waals surface area (Å²) in [5, 5.41) is 9.86. The van der Waals surface area contributed by atoms with Crippen LogP contribution in [0.25, 0.3) is 6.08 Å². The fraction of sp³-hybridized carbons (Fsp3) is 0.214. The third kappa shape index (κ3) is 5.81. The minimum atomic E-state index is -4.73. The van der Waals surface area contributed by atoms with Crippen molar-refractivity contribution in [3.63, 3.8) is 0 Å². The molecule has 0 saturated carbocycles. The monoisotopic (exact) mass is 327 g/mol. The quantitative estimate of drug-likeness (QED) is 0.854. The lowest BCUT2D eigenvalue weighted by Crippen LogP contribution is -2.20. The van der Waals surface area contributed by atoms with Gasteiger partial charge in [-0.3, -0.25) is 4.79 Å². The summed E-state index contributed by atoms with van der Waals surface area (Å²) in [6.45, 7) is 1.72. The number of carbonyl (C=O) groups is 1. The lowest BCUT2D eigenvalue weighted by Gasteiger charge is -2.08. The van der Waals surface area contributed by atoms with Crippen LogP contribution in [0.5, 0.6) is 5.75 Å². The molecule has 0 aliphatic rings. The molecule has 23 heavy (non-hydrogen) atoms. The smallest absolute Gasteiger partial charge is 0.424 e. The Bertz CT molecular complexity index is 693. The van der Waals surface area contributed by atoms with E-state index in [0.29, 0.717) is 11.5 Å². The van der Waals surface area contributed by atoms with Crippen molar-refractivity contribution in [2.75, 3.05) is 0 Å². The number of nitrogens with zero attached hydrogens (tertiary/aromatic N) is 2. The van der Waals surface area contributed by atoms with Gasteiger partial charge in [-0.25, -0.2) is 0 Å². The summed E-state index contributed by atoms with van der Waals surface area (Å²) in [6.07, 6.45) is -2.04. The van der Waals surface area contributed by atoms with Crippen LogP contribution in [0, 0.1) is 6.92 Å². The number of alkyl halides is 3. The molecule has 122 valence electrons. The molecule has 0 unspecified atom stereocenters. The summed E-state index contributed by atoms with van der Waals surface area (Å²) in [4.78, 5) is 11.6. The van der Waals surface area contributed by atoms with Crippen molar-refractivity contribution in [3.05, 3.63) is 47.7 Å². The fourth-order valence-corrected chi connectivity index (χ4v) is 1.58. The second-order valence-electron chi connectivity index (χ2n) is 4.38. The number of ether oxygens (including phenoxy) is 1. The lowest BCUT2D eigenvalue weighted by molar-refractivity contribution is -0.274. The van der Waals surface area contributed by atoms with Crippen LogP contribution in [-0.2, 0) is 11.3 Å². The normalized spacial score (nSPS) is 11.7. The molecular formula is C14H12F3N3O3. The van der Waals surface area contributed by atoms with E-state index in [4.69, 9.17) is 4.42 Å². The topological polar surface area (TPSA) is 77.2 Å². The van der Waals surface area contributed by atoms with Crippen molar-refractivity contribution in [3.8, 4) is 5.75 Å². The fourth-order valence-electron chi connectivity index (χ4n) is 1.58. The van der Waals surface area contributed by atoms with Crippen LogP contribution in [0.3, 0.4) is 0 Å². The summed E-state index contributed by atoms with van der Waals surface area (Å²) in [6, 6.07) is 5.11. The summed E-state index contributed by atoms with van der Waals surface area (Å²) < 4.78 is 44.9. The van der Waals surface area contributed by atoms with Gasteiger partial charge in [0.15, 0.2) is 0 Å². The molecule has 0 bridgehead atoms. The zero-order valence-electron chi connectivity index (χ0n) is 11.9. The number of halogens is 3. The summed E-state index contributed by atoms with van der Waals surface area (Å²) in [5.74, 6) is -0.0637. The number of aryl methyl sites for hydroxylation is 1. The van der Waals surface area contributed by atoms with E-state index in [2.05, 4.69) is 20.3 Å². The molecule has 2 aromatic rings. The van der Waals surface area contributed by atoms with Crippen LogP contribution in [0.15, 0.2) is 34.8 Å². The van der Waals surface area contributed by atoms with E-state index in [-0.39, 0.29) is 18.2 Å². The molecule has 0 saturated heterocycles. The van der Waals surface area contributed by atoms with Gasteiger partial charge in [-0.05, 0) is 23.8 Å². The molecule has 0 radical (unpaired) electrons. The van der Waals surface area contributed by atoms with Gasteiger partial charge in [-0.1, -0.05) is 12.1 Å². The molecule has 1 aromatic heterocycles. The first kappa shape index (κ1) is 16.5. The zero-order valence-corrected chi connectivity index (χ0v) is 11.9. The number of benzene rings is 1. The van der Waals surface area contributed by atoms with E-state index in [9.17, 15) is 18.0 Å². The van der Waals surface area contributed by atoms with Crippen molar-refractivity contribution >= 4 is 12.0 Å². The van der Waals surface area contributed by atoms with E-state index in [1.165, 1.54) is 24.3 Å². The summed E-state index contributed by atoms with van der Waals surface area (Å²) >= 11 is 0. The average Bonchev–Trinajstić information content (AvgIpc) is 2.88. The molecule has 1 amide bonds. The van der Waals surface area contributed by atoms with Crippen LogP contribution in [-0.4, -0.2) is 22.5 Å². The predicted molar refractivity (Wildman–Crippen MR) is 73.0 cm³/mol. The molecular weight excluding hydrogens is 315 g/mol. The molecule has 1 heterocycles. The van der Waals surface area contributed by atoms with Gasteiger partial charge >= 0.3 is 6.36 Å². The molecule has 0 aliphatic carbocycles. The highest BCUT2D eigenvalue weighted by atomic mass is 19.4. The van der Waals surface area contributed by atoms with Crippen molar-refractivity contribution in [2.24, 2.45) is 0 Å². The van der Waals surface area contributed by atoms with Crippen molar-refractivity contribution < 1.29 is 27.1 Å². The number of nitrogens with one attached hydrogen (secondary N) is 1. The highest BCUT2D eigenvalue weighted by Gasteiger charge is 2.30. The molecule has 9 heteroatoms. The lowest BCUT2D eigenvalue weighted by atomic mass is 10.2. The summed E-state index contributed by atoms with van der Waals surface area (Å²) in [5.41, 5.74) is 0.545. The Kier molecular flexibility index (Phi) is 4.99. The molecule has 1 aromatic carbocycles. The predicted octanol–water partition coefficient (Wildman–Crippen LogP) is 2.61. The minimum Gasteiger partial charge on any atom is -0.424 e. The van der Waals surface area contributed by atoms with Crippen molar-refractivity contribution in [2.45, 2.75) is 19.8 Å². The first-order valence-corrected chi connectivity index (χ1v) is 6.42. The largest absolute Gasteiger partial charge is 0.573 e. The van der Waals surface area contributed by atoms with Gasteiger partial charge in [0.2, 0.25) is 17.7 Å². The number of aromatic nitrogens is 2. The van der Waals surface area contributed by atoms with Gasteiger partial charge in [-0.15, -0.1) is 23.4 Å². The van der Waals surface area contributed by atoms with Crippen LogP contribution < -0.4 is 10.1 Å². The van der Waals surface area contributed by atoms with Gasteiger partial charge in [0.1, 0.15) is 5.75 Å². The van der Waals surface area contributed by atoms with E-state index in [1.807, 2.05) is 0 Å². The molecule has 1 N–H and O–H groups in total. The highest BCUT2D eigenvalue weighted by molar-refractivity contribution is 5.91. The molecule has 0 spiro atoms. The minimum absolute atomic E-state index is 0.0857. The number of hydrogen-bond acceptors (Lipinski definition) is 5. The standard InChI is InChI=1S/C14H12F3N3O3/c1-9-19-20-13(22-9)8-18-12(21)7-4-10-2-5-11(6-3-10)23-14(15,16)17/h2-7H,8H2,1H3,(H,18,21)/b7-4+. The number of amides is 1. The second kappa shape index (κ2) is 6.95. The van der Waals surface area contributed by atoms with E-state index in [1.54, 1.807) is 6.92 Å². The zero-order chi connectivity index (χ0) is 16.9. The van der Waals surface area contributed by atoms with Gasteiger partial charge in [0, 0.05) is 13.0 Å². The third-order valence-electron chi connectivity index (χ3n) is 2.52. The van der Waals surface area contributed by atoms with Crippen LogP contribution >= 0.6 is 0 Å². The Hall–Kier alpha value is -2.84. The van der Waals surface area contributed by atoms with Gasteiger partial charge in [0.05, 0.1) is 6.54 Å². The van der Waals surface area contributed by atoms with Crippen molar-refractivity contribution in [1.29, 1.82) is 0 Å². The Morgan fingerprint density at radius 1 is 1.30 bits per heavy atom. The molecule has 0 fully saturated rings. The Labute approximate surface area is 129 Å². The Balaban J connectivity index is 1.85. The first-order chi connectivity index (χ1) is 10.8. The maximum absolute atomic E-state index is 12.0. The number of carbonyl (C=O) groups excluding carboxylic acids is 1. The van der Waals surface area contributed by atoms with Gasteiger partial charge in [-0.2, -0.15) is 0 Å². The Morgan fingerprint density at radius 3 is 2.57 bits per heavy atom. The van der Waals surface area contributed by atoms with Crippen molar-refractivity contribution in [1.82, 2.24) is 15.5 Å². The maximum Gasteiger partial charge on any atom is 0.573 e. The van der Waals surface area contributed by atoms with Crippen LogP contribution in [0.2, 0.25) is 0 Å². The molecule has 0 atom stereocenters. The van der Waals surface area contributed by atoms with Gasteiger partial charge in [0.25, 0.3) is 0 Å². The number of hydrogen-bond donors (Lipinski definition) is 1. The van der Waals surface area contributed by atoms with Gasteiger partial charge < -0.3 is 14.5 Å². The summed E-state index contributed by atoms with van der Waals surface area (Å²) in [7, 11) is 0. The SMILES string of the molecule is Cc1nnc(CNC(=O)/C=C/c2ccc(OC(F)(F)F)cc2)o1. The molecule has 6 nitrogen and oxygen atoms in total. The highest BCUT2D eigenvalue weighted by Crippen LogP contribution is 2.22. The van der Waals surface area contributed by atoms with E-state index < -0.39 is 12.3 Å². The third-order valence-corrected chi connectivity index (χ3v) is 2.52. The van der Waals surface area contributed by atoms with Crippen LogP contribution in [0.1, 0.15) is 17.3 Å². The second-order valence-corrected chi connectivity index (χ2v) is 4.38. The van der Waals surface area contributed by atoms with E-state index >= 15 is 0 Å².